The summed E-state index contributed by atoms with van der Waals surface area (Å²) in [5.41, 5.74) is 10.4. The van der Waals surface area contributed by atoms with Crippen molar-refractivity contribution < 1.29 is 9.15 Å². The van der Waals surface area contributed by atoms with Crippen LogP contribution >= 0.6 is 0 Å². The van der Waals surface area contributed by atoms with Crippen LogP contribution in [0.15, 0.2) is 150 Å². The predicted molar refractivity (Wildman–Crippen MR) is 171 cm³/mol. The molecule has 2 aromatic heterocycles. The van der Waals surface area contributed by atoms with Crippen LogP contribution in [0.2, 0.25) is 0 Å². The van der Waals surface area contributed by atoms with E-state index < -0.39 is 0 Å². The number of furan rings is 1. The summed E-state index contributed by atoms with van der Waals surface area (Å²) in [4.78, 5) is 2.26. The van der Waals surface area contributed by atoms with Gasteiger partial charge < -0.3 is 18.6 Å². The number of aromatic nitrogens is 1. The maximum atomic E-state index is 6.50. The van der Waals surface area contributed by atoms with Crippen molar-refractivity contribution in [1.82, 2.24) is 4.57 Å². The molecule has 0 fully saturated rings. The minimum Gasteiger partial charge on any atom is -0.454 e. The molecule has 0 N–H and O–H groups in total. The molecule has 0 radical (unpaired) electrons. The second-order valence-electron chi connectivity index (χ2n) is 10.6. The Kier molecular flexibility index (Phi) is 4.87. The summed E-state index contributed by atoms with van der Waals surface area (Å²) < 4.78 is 15.3. The number of hydrogen-bond acceptors (Lipinski definition) is 3. The van der Waals surface area contributed by atoms with Crippen molar-refractivity contribution >= 4 is 50.0 Å². The molecule has 0 amide bonds. The number of fused-ring (bicyclic) bond motifs is 7. The predicted octanol–water partition coefficient (Wildman–Crippen LogP) is 10.8. The molecule has 0 spiro atoms. The monoisotopic (exact) mass is 540 g/mol. The van der Waals surface area contributed by atoms with Gasteiger partial charge >= 0.3 is 0 Å². The van der Waals surface area contributed by atoms with E-state index in [2.05, 4.69) is 113 Å². The fourth-order valence-electron chi connectivity index (χ4n) is 6.29. The van der Waals surface area contributed by atoms with E-state index in [4.69, 9.17) is 9.15 Å². The van der Waals surface area contributed by atoms with Crippen LogP contribution in [0, 0.1) is 0 Å². The molecular formula is C38H24N2O2. The van der Waals surface area contributed by atoms with Crippen LogP contribution in [-0.4, -0.2) is 4.57 Å². The molecule has 0 unspecified atom stereocenters. The molecule has 6 aromatic carbocycles. The average molecular weight is 541 g/mol. The fourth-order valence-corrected chi connectivity index (χ4v) is 6.29. The van der Waals surface area contributed by atoms with Gasteiger partial charge in [-0.1, -0.05) is 72.8 Å². The Balaban J connectivity index is 1.24. The normalized spacial score (nSPS) is 12.4. The van der Waals surface area contributed by atoms with Gasteiger partial charge in [0.15, 0.2) is 17.1 Å². The zero-order valence-electron chi connectivity index (χ0n) is 22.6. The number of ether oxygens (including phenoxy) is 1. The van der Waals surface area contributed by atoms with Crippen molar-refractivity contribution in [3.63, 3.8) is 0 Å². The lowest BCUT2D eigenvalue weighted by atomic mass is 10.0. The zero-order chi connectivity index (χ0) is 27.6. The van der Waals surface area contributed by atoms with Crippen LogP contribution in [0.4, 0.5) is 17.1 Å². The van der Waals surface area contributed by atoms with Gasteiger partial charge in [0.25, 0.3) is 0 Å². The van der Waals surface area contributed by atoms with Crippen molar-refractivity contribution in [2.45, 2.75) is 0 Å². The Hall–Kier alpha value is -5.74. The van der Waals surface area contributed by atoms with E-state index >= 15 is 0 Å². The number of nitrogens with zero attached hydrogens (tertiary/aromatic N) is 2. The third-order valence-electron chi connectivity index (χ3n) is 8.16. The highest BCUT2D eigenvalue weighted by atomic mass is 16.5. The molecule has 1 aliphatic heterocycles. The van der Waals surface area contributed by atoms with Crippen molar-refractivity contribution in [2.24, 2.45) is 0 Å². The Labute approximate surface area is 242 Å². The maximum Gasteiger partial charge on any atom is 0.161 e. The lowest BCUT2D eigenvalue weighted by Crippen LogP contribution is -2.15. The molecule has 0 bridgehead atoms. The summed E-state index contributed by atoms with van der Waals surface area (Å²) in [6, 6.07) is 50.5. The summed E-state index contributed by atoms with van der Waals surface area (Å²) in [6.45, 7) is 0. The van der Waals surface area contributed by atoms with E-state index in [1.54, 1.807) is 0 Å². The van der Waals surface area contributed by atoms with Gasteiger partial charge in [0.1, 0.15) is 11.1 Å². The molecule has 8 aromatic rings. The molecule has 198 valence electrons. The van der Waals surface area contributed by atoms with Crippen LogP contribution in [0.3, 0.4) is 0 Å². The quantitative estimate of drug-likeness (QED) is 0.223. The summed E-state index contributed by atoms with van der Waals surface area (Å²) in [6.07, 6.45) is 0. The first kappa shape index (κ1) is 23.0. The van der Waals surface area contributed by atoms with E-state index in [0.29, 0.717) is 0 Å². The van der Waals surface area contributed by atoms with Crippen molar-refractivity contribution in [3.05, 3.63) is 146 Å². The first-order chi connectivity index (χ1) is 20.8. The molecule has 0 saturated carbocycles. The van der Waals surface area contributed by atoms with E-state index in [-0.39, 0.29) is 0 Å². The highest BCUT2D eigenvalue weighted by Crippen LogP contribution is 2.51. The summed E-state index contributed by atoms with van der Waals surface area (Å²) >= 11 is 0. The molecular weight excluding hydrogens is 516 g/mol. The smallest absolute Gasteiger partial charge is 0.161 e. The van der Waals surface area contributed by atoms with Crippen LogP contribution in [-0.2, 0) is 0 Å². The Morgan fingerprint density at radius 2 is 1.14 bits per heavy atom. The van der Waals surface area contributed by atoms with Gasteiger partial charge in [-0.25, -0.2) is 0 Å². The van der Waals surface area contributed by atoms with Crippen LogP contribution in [0.5, 0.6) is 11.5 Å². The molecule has 4 nitrogen and oxygen atoms in total. The van der Waals surface area contributed by atoms with Gasteiger partial charge in [-0.3, -0.25) is 0 Å². The standard InChI is InChI=1S/C38H24N2O2/c1-3-11-27(12-4-1)39-32-16-8-10-18-35(32)41-36-24-26(20-22-33(36)39)25-19-21-31-30(23-25)38-37(29-15-7-9-17-34(29)42-38)40(31)28-13-5-2-6-14-28/h1-24H. The zero-order valence-corrected chi connectivity index (χ0v) is 22.6. The van der Waals surface area contributed by atoms with E-state index in [1.807, 2.05) is 42.5 Å². The molecule has 3 heterocycles. The van der Waals surface area contributed by atoms with Gasteiger partial charge in [0, 0.05) is 22.1 Å². The van der Waals surface area contributed by atoms with Gasteiger partial charge in [-0.15, -0.1) is 0 Å². The number of para-hydroxylation sites is 5. The number of rotatable bonds is 3. The summed E-state index contributed by atoms with van der Waals surface area (Å²) in [5, 5.41) is 2.19. The average Bonchev–Trinajstić information content (AvgIpc) is 3.58. The Morgan fingerprint density at radius 1 is 0.476 bits per heavy atom. The molecule has 0 atom stereocenters. The molecule has 42 heavy (non-hydrogen) atoms. The second-order valence-corrected chi connectivity index (χ2v) is 10.6. The lowest BCUT2D eigenvalue weighted by Gasteiger charge is -2.33. The number of anilines is 3. The molecule has 0 aliphatic carbocycles. The van der Waals surface area contributed by atoms with E-state index in [9.17, 15) is 0 Å². The largest absolute Gasteiger partial charge is 0.454 e. The van der Waals surface area contributed by atoms with E-state index in [1.165, 1.54) is 0 Å². The first-order valence-corrected chi connectivity index (χ1v) is 14.1. The fraction of sp³-hybridized carbons (Fsp3) is 0. The number of hydrogen-bond donors (Lipinski definition) is 0. The minimum atomic E-state index is 0.825. The van der Waals surface area contributed by atoms with Crippen molar-refractivity contribution in [3.8, 4) is 28.3 Å². The lowest BCUT2D eigenvalue weighted by molar-refractivity contribution is 0.477. The van der Waals surface area contributed by atoms with Gasteiger partial charge in [0.05, 0.1) is 16.9 Å². The molecule has 4 heteroatoms. The van der Waals surface area contributed by atoms with Gasteiger partial charge in [-0.2, -0.15) is 0 Å². The summed E-state index contributed by atoms with van der Waals surface area (Å²) in [5.74, 6) is 1.66. The highest BCUT2D eigenvalue weighted by molar-refractivity contribution is 6.17. The molecule has 1 aliphatic rings. The third-order valence-corrected chi connectivity index (χ3v) is 8.16. The molecule has 9 rings (SSSR count). The van der Waals surface area contributed by atoms with Crippen LogP contribution in [0.25, 0.3) is 49.8 Å². The maximum absolute atomic E-state index is 6.50. The topological polar surface area (TPSA) is 30.5 Å². The van der Waals surface area contributed by atoms with Gasteiger partial charge in [-0.05, 0) is 83.9 Å². The number of benzene rings is 6. The second kappa shape index (κ2) is 8.88. The third kappa shape index (κ3) is 3.36. The molecule has 0 saturated heterocycles. The Morgan fingerprint density at radius 3 is 2.00 bits per heavy atom. The minimum absolute atomic E-state index is 0.825. The SMILES string of the molecule is c1ccc(N2c3ccccc3Oc3cc(-c4ccc5c(c4)c4oc6ccccc6c4n5-c4ccccc4)ccc32)cc1. The van der Waals surface area contributed by atoms with Crippen LogP contribution < -0.4 is 9.64 Å². The summed E-state index contributed by atoms with van der Waals surface area (Å²) in [7, 11) is 0. The highest BCUT2D eigenvalue weighted by Gasteiger charge is 2.26. The first-order valence-electron chi connectivity index (χ1n) is 14.1. The van der Waals surface area contributed by atoms with E-state index in [0.717, 1.165) is 78.3 Å². The van der Waals surface area contributed by atoms with Crippen LogP contribution in [0.1, 0.15) is 0 Å². The van der Waals surface area contributed by atoms with Gasteiger partial charge in [0.2, 0.25) is 0 Å². The van der Waals surface area contributed by atoms with Crippen molar-refractivity contribution in [1.29, 1.82) is 0 Å². The Bertz CT molecular complexity index is 2280. The van der Waals surface area contributed by atoms with Crippen molar-refractivity contribution in [2.75, 3.05) is 4.90 Å².